The molecule has 0 saturated carbocycles. The summed E-state index contributed by atoms with van der Waals surface area (Å²) in [5.41, 5.74) is 2.94. The Bertz CT molecular complexity index is 914. The topological polar surface area (TPSA) is 106 Å². The Morgan fingerprint density at radius 2 is 1.93 bits per heavy atom. The van der Waals surface area contributed by atoms with Gasteiger partial charge < -0.3 is 14.8 Å². The predicted molar refractivity (Wildman–Crippen MR) is 98.8 cm³/mol. The number of carbonyl (C=O) groups excluding carboxylic acids is 3. The number of amides is 2. The number of nitrogens with one attached hydrogen (secondary N) is 2. The second kappa shape index (κ2) is 9.81. The summed E-state index contributed by atoms with van der Waals surface area (Å²) in [5, 5.41) is 6.13. The number of nitrogens with zero attached hydrogens (tertiary/aromatic N) is 1. The summed E-state index contributed by atoms with van der Waals surface area (Å²) >= 11 is 0. The minimum absolute atomic E-state index is 0.108. The van der Waals surface area contributed by atoms with Gasteiger partial charge >= 0.3 is 5.97 Å². The number of esters is 1. The zero-order valence-electron chi connectivity index (χ0n) is 15.2. The molecule has 0 atom stereocenters. The molecule has 0 heterocycles. The van der Waals surface area contributed by atoms with Crippen LogP contribution in [-0.4, -0.2) is 37.7 Å². The van der Waals surface area contributed by atoms with E-state index in [1.807, 2.05) is 0 Å². The lowest BCUT2D eigenvalue weighted by Crippen LogP contribution is -2.34. The second-order valence-corrected chi connectivity index (χ2v) is 5.49. The van der Waals surface area contributed by atoms with Gasteiger partial charge in [0, 0.05) is 12.5 Å². The average Bonchev–Trinajstić information content (AvgIpc) is 2.66. The third kappa shape index (κ3) is 6.20. The zero-order chi connectivity index (χ0) is 20.5. The van der Waals surface area contributed by atoms with Crippen LogP contribution in [0.15, 0.2) is 47.6 Å². The van der Waals surface area contributed by atoms with Gasteiger partial charge in [0.25, 0.3) is 11.8 Å². The van der Waals surface area contributed by atoms with Gasteiger partial charge in [0.2, 0.25) is 0 Å². The molecular weight excluding hydrogens is 369 g/mol. The number of methoxy groups -OCH3 is 1. The molecule has 2 aromatic carbocycles. The van der Waals surface area contributed by atoms with E-state index in [9.17, 15) is 18.8 Å². The van der Waals surface area contributed by atoms with Crippen molar-refractivity contribution in [2.75, 3.05) is 13.7 Å². The fraction of sp³-hybridized carbons (Fsp3) is 0.158. The standard InChI is InChI=1S/C19H18FN3O5/c1-12(24)28-16-7-6-13(8-17(16)27-2)10-22-23-18(25)11-21-19(26)14-4-3-5-15(20)9-14/h3-10H,11H2,1-2H3,(H,21,26)(H,23,25). The third-order valence-electron chi connectivity index (χ3n) is 3.34. The van der Waals surface area contributed by atoms with Gasteiger partial charge in [-0.15, -0.1) is 0 Å². The highest BCUT2D eigenvalue weighted by Gasteiger charge is 2.09. The van der Waals surface area contributed by atoms with Crippen molar-refractivity contribution >= 4 is 24.0 Å². The fourth-order valence-electron chi connectivity index (χ4n) is 2.11. The van der Waals surface area contributed by atoms with Gasteiger partial charge in [0.15, 0.2) is 11.5 Å². The first-order valence-corrected chi connectivity index (χ1v) is 8.11. The van der Waals surface area contributed by atoms with Crippen LogP contribution in [0.5, 0.6) is 11.5 Å². The van der Waals surface area contributed by atoms with Gasteiger partial charge in [-0.3, -0.25) is 14.4 Å². The molecule has 0 saturated heterocycles. The third-order valence-corrected chi connectivity index (χ3v) is 3.34. The Kier molecular flexibility index (Phi) is 7.21. The van der Waals surface area contributed by atoms with Crippen LogP contribution in [0, 0.1) is 5.82 Å². The smallest absolute Gasteiger partial charge is 0.308 e. The SMILES string of the molecule is COc1cc(C=NNC(=O)CNC(=O)c2cccc(F)c2)ccc1OC(C)=O. The molecule has 28 heavy (non-hydrogen) atoms. The van der Waals surface area contributed by atoms with Crippen molar-refractivity contribution in [2.45, 2.75) is 6.92 Å². The Hall–Kier alpha value is -3.75. The number of benzene rings is 2. The maximum absolute atomic E-state index is 13.1. The largest absolute Gasteiger partial charge is 0.493 e. The van der Waals surface area contributed by atoms with Crippen LogP contribution in [-0.2, 0) is 9.59 Å². The highest BCUT2D eigenvalue weighted by molar-refractivity contribution is 5.96. The van der Waals surface area contributed by atoms with E-state index in [2.05, 4.69) is 15.8 Å². The van der Waals surface area contributed by atoms with E-state index < -0.39 is 23.6 Å². The summed E-state index contributed by atoms with van der Waals surface area (Å²) in [7, 11) is 1.42. The van der Waals surface area contributed by atoms with Crippen LogP contribution in [0.4, 0.5) is 4.39 Å². The molecule has 2 amide bonds. The molecule has 0 unspecified atom stereocenters. The monoisotopic (exact) mass is 387 g/mol. The molecule has 0 radical (unpaired) electrons. The van der Waals surface area contributed by atoms with Gasteiger partial charge in [-0.05, 0) is 42.0 Å². The van der Waals surface area contributed by atoms with Crippen molar-refractivity contribution in [3.8, 4) is 11.5 Å². The molecule has 0 aliphatic carbocycles. The number of rotatable bonds is 7. The minimum Gasteiger partial charge on any atom is -0.493 e. The molecule has 2 rings (SSSR count). The quantitative estimate of drug-likeness (QED) is 0.325. The van der Waals surface area contributed by atoms with E-state index in [1.54, 1.807) is 12.1 Å². The van der Waals surface area contributed by atoms with Crippen LogP contribution in [0.2, 0.25) is 0 Å². The fourth-order valence-corrected chi connectivity index (χ4v) is 2.11. The van der Waals surface area contributed by atoms with Gasteiger partial charge in [0.05, 0.1) is 19.9 Å². The van der Waals surface area contributed by atoms with Crippen molar-refractivity contribution in [1.82, 2.24) is 10.7 Å². The van der Waals surface area contributed by atoms with Crippen LogP contribution >= 0.6 is 0 Å². The Morgan fingerprint density at radius 3 is 2.61 bits per heavy atom. The van der Waals surface area contributed by atoms with Crippen molar-refractivity contribution in [2.24, 2.45) is 5.10 Å². The molecule has 0 fully saturated rings. The van der Waals surface area contributed by atoms with Crippen molar-refractivity contribution in [3.05, 3.63) is 59.4 Å². The molecule has 0 aromatic heterocycles. The maximum atomic E-state index is 13.1. The molecule has 9 heteroatoms. The number of hydrogen-bond donors (Lipinski definition) is 2. The molecule has 0 spiro atoms. The molecule has 2 N–H and O–H groups in total. The Balaban J connectivity index is 1.87. The summed E-state index contributed by atoms with van der Waals surface area (Å²) in [6.45, 7) is 0.943. The first-order valence-electron chi connectivity index (χ1n) is 8.11. The van der Waals surface area contributed by atoms with Crippen LogP contribution in [0.25, 0.3) is 0 Å². The number of hydrazone groups is 1. The average molecular weight is 387 g/mol. The number of carbonyl (C=O) groups is 3. The molecule has 8 nitrogen and oxygen atoms in total. The van der Waals surface area contributed by atoms with Gasteiger partial charge in [0.1, 0.15) is 5.82 Å². The lowest BCUT2D eigenvalue weighted by Gasteiger charge is -2.08. The highest BCUT2D eigenvalue weighted by atomic mass is 19.1. The van der Waals surface area contributed by atoms with Crippen molar-refractivity contribution in [1.29, 1.82) is 0 Å². The summed E-state index contributed by atoms with van der Waals surface area (Å²) in [5.74, 6) is -1.58. The molecule has 146 valence electrons. The molecular formula is C19H18FN3O5. The van der Waals surface area contributed by atoms with Gasteiger partial charge in [-0.2, -0.15) is 5.10 Å². The maximum Gasteiger partial charge on any atom is 0.308 e. The van der Waals surface area contributed by atoms with Gasteiger partial charge in [-0.25, -0.2) is 9.82 Å². The molecule has 0 bridgehead atoms. The summed E-state index contributed by atoms with van der Waals surface area (Å²) in [6.07, 6.45) is 1.35. The van der Waals surface area contributed by atoms with E-state index in [1.165, 1.54) is 44.5 Å². The van der Waals surface area contributed by atoms with Crippen molar-refractivity contribution in [3.63, 3.8) is 0 Å². The van der Waals surface area contributed by atoms with E-state index in [0.717, 1.165) is 6.07 Å². The lowest BCUT2D eigenvalue weighted by molar-refractivity contribution is -0.132. The zero-order valence-corrected chi connectivity index (χ0v) is 15.2. The van der Waals surface area contributed by atoms with Crippen LogP contribution < -0.4 is 20.2 Å². The lowest BCUT2D eigenvalue weighted by atomic mass is 10.2. The number of ether oxygens (including phenoxy) is 2. The first kappa shape index (κ1) is 20.6. The van der Waals surface area contributed by atoms with Crippen molar-refractivity contribution < 1.29 is 28.2 Å². The first-order chi connectivity index (χ1) is 13.4. The predicted octanol–water partition coefficient (Wildman–Crippen LogP) is 1.64. The molecule has 2 aromatic rings. The van der Waals surface area contributed by atoms with Gasteiger partial charge in [-0.1, -0.05) is 6.07 Å². The van der Waals surface area contributed by atoms with E-state index in [0.29, 0.717) is 11.3 Å². The molecule has 0 aliphatic heterocycles. The van der Waals surface area contributed by atoms with E-state index >= 15 is 0 Å². The van der Waals surface area contributed by atoms with Crippen LogP contribution in [0.3, 0.4) is 0 Å². The number of halogens is 1. The van der Waals surface area contributed by atoms with E-state index in [4.69, 9.17) is 9.47 Å². The summed E-state index contributed by atoms with van der Waals surface area (Å²) < 4.78 is 23.2. The summed E-state index contributed by atoms with van der Waals surface area (Å²) in [6, 6.07) is 9.83. The molecule has 0 aliphatic rings. The Labute approximate surface area is 160 Å². The minimum atomic E-state index is -0.579. The van der Waals surface area contributed by atoms with E-state index in [-0.39, 0.29) is 17.9 Å². The highest BCUT2D eigenvalue weighted by Crippen LogP contribution is 2.27. The summed E-state index contributed by atoms with van der Waals surface area (Å²) in [4.78, 5) is 34.6. The Morgan fingerprint density at radius 1 is 1.14 bits per heavy atom. The number of hydrogen-bond acceptors (Lipinski definition) is 6. The second-order valence-electron chi connectivity index (χ2n) is 5.49. The van der Waals surface area contributed by atoms with Crippen LogP contribution in [0.1, 0.15) is 22.8 Å². The normalized spacial score (nSPS) is 10.4.